The molecule has 1 heterocycles. The van der Waals surface area contributed by atoms with Crippen LogP contribution in [0.4, 0.5) is 0 Å². The normalized spacial score (nSPS) is 10.8. The number of rotatable bonds is 5. The summed E-state index contributed by atoms with van der Waals surface area (Å²) in [5.41, 5.74) is 3.13. The van der Waals surface area contributed by atoms with E-state index in [2.05, 4.69) is 4.74 Å². The number of ketones is 2. The van der Waals surface area contributed by atoms with Gasteiger partial charge in [0.2, 0.25) is 0 Å². The Bertz CT molecular complexity index is 1060. The monoisotopic (exact) mass is 383 g/mol. The Morgan fingerprint density at radius 3 is 2.33 bits per heavy atom. The molecular formula is C21H18ClNO4. The summed E-state index contributed by atoms with van der Waals surface area (Å²) in [6.45, 7) is 3.73. The molecule has 0 spiro atoms. The summed E-state index contributed by atoms with van der Waals surface area (Å²) in [6.07, 6.45) is 0. The molecule has 0 bridgehead atoms. The maximum atomic E-state index is 12.6. The zero-order valence-corrected chi connectivity index (χ0v) is 16.0. The van der Waals surface area contributed by atoms with Gasteiger partial charge >= 0.3 is 5.97 Å². The van der Waals surface area contributed by atoms with Gasteiger partial charge in [0.15, 0.2) is 5.78 Å². The Balaban J connectivity index is 2.22. The molecule has 0 aliphatic heterocycles. The second kappa shape index (κ2) is 7.37. The van der Waals surface area contributed by atoms with Crippen molar-refractivity contribution in [3.05, 3.63) is 69.9 Å². The lowest BCUT2D eigenvalue weighted by Gasteiger charge is -2.09. The van der Waals surface area contributed by atoms with Gasteiger partial charge < -0.3 is 9.30 Å². The first kappa shape index (κ1) is 18.9. The molecule has 6 heteroatoms. The maximum absolute atomic E-state index is 12.6. The number of aromatic nitrogens is 1. The van der Waals surface area contributed by atoms with Crippen LogP contribution in [-0.2, 0) is 16.1 Å². The van der Waals surface area contributed by atoms with E-state index in [0.29, 0.717) is 28.2 Å². The fraction of sp³-hybridized carbons (Fsp3) is 0.190. The van der Waals surface area contributed by atoms with Crippen LogP contribution < -0.4 is 0 Å². The van der Waals surface area contributed by atoms with Gasteiger partial charge in [-0.2, -0.15) is 0 Å². The number of hydrogen-bond acceptors (Lipinski definition) is 4. The molecule has 3 aromatic rings. The summed E-state index contributed by atoms with van der Waals surface area (Å²) < 4.78 is 6.55. The molecule has 0 atom stereocenters. The molecule has 3 rings (SSSR count). The van der Waals surface area contributed by atoms with E-state index in [1.165, 1.54) is 14.0 Å². The molecule has 0 unspecified atom stereocenters. The van der Waals surface area contributed by atoms with Crippen LogP contribution in [0.2, 0.25) is 5.02 Å². The number of carbonyl (C=O) groups excluding carboxylic acids is 3. The van der Waals surface area contributed by atoms with Crippen LogP contribution in [0.15, 0.2) is 42.5 Å². The van der Waals surface area contributed by atoms with Crippen LogP contribution in [0.25, 0.3) is 10.9 Å². The molecule has 0 N–H and O–H groups in total. The number of methoxy groups -OCH3 is 1. The minimum atomic E-state index is -0.933. The van der Waals surface area contributed by atoms with Crippen molar-refractivity contribution in [1.29, 1.82) is 0 Å². The molecule has 0 aliphatic rings. The smallest absolute Gasteiger partial charge is 0.379 e. The minimum absolute atomic E-state index is 0.114. The highest BCUT2D eigenvalue weighted by Crippen LogP contribution is 2.29. The lowest BCUT2D eigenvalue weighted by molar-refractivity contribution is -0.135. The van der Waals surface area contributed by atoms with Gasteiger partial charge in [-0.05, 0) is 49.7 Å². The Labute approximate surface area is 161 Å². The maximum Gasteiger partial charge on any atom is 0.379 e. The standard InChI is InChI=1S/C21H18ClNO4/c1-12-19(20(25)21(26)27-3)17-10-15(13(2)24)6-9-18(17)23(12)11-14-4-7-16(22)8-5-14/h4-10H,11H2,1-3H3. The van der Waals surface area contributed by atoms with E-state index in [4.69, 9.17) is 11.6 Å². The number of carbonyl (C=O) groups is 3. The second-order valence-corrected chi connectivity index (χ2v) is 6.72. The van der Waals surface area contributed by atoms with Crippen molar-refractivity contribution in [2.24, 2.45) is 0 Å². The van der Waals surface area contributed by atoms with E-state index in [0.717, 1.165) is 11.1 Å². The largest absolute Gasteiger partial charge is 0.463 e. The number of fused-ring (bicyclic) bond motifs is 1. The first-order chi connectivity index (χ1) is 12.8. The highest BCUT2D eigenvalue weighted by atomic mass is 35.5. The molecule has 0 amide bonds. The molecular weight excluding hydrogens is 366 g/mol. The number of nitrogens with zero attached hydrogens (tertiary/aromatic N) is 1. The van der Waals surface area contributed by atoms with E-state index in [9.17, 15) is 14.4 Å². The van der Waals surface area contributed by atoms with Gasteiger partial charge in [-0.25, -0.2) is 4.79 Å². The SMILES string of the molecule is COC(=O)C(=O)c1c(C)n(Cc2ccc(Cl)cc2)c2ccc(C(C)=O)cc12. The van der Waals surface area contributed by atoms with Crippen LogP contribution >= 0.6 is 11.6 Å². The quantitative estimate of drug-likeness (QED) is 0.376. The van der Waals surface area contributed by atoms with E-state index >= 15 is 0 Å². The van der Waals surface area contributed by atoms with Gasteiger partial charge in [0.25, 0.3) is 5.78 Å². The van der Waals surface area contributed by atoms with Crippen molar-refractivity contribution in [3.8, 4) is 0 Å². The molecule has 0 radical (unpaired) electrons. The third-order valence-electron chi connectivity index (χ3n) is 4.58. The van der Waals surface area contributed by atoms with Gasteiger partial charge in [-0.15, -0.1) is 0 Å². The zero-order chi connectivity index (χ0) is 19.7. The molecule has 5 nitrogen and oxygen atoms in total. The Morgan fingerprint density at radius 2 is 1.74 bits per heavy atom. The number of esters is 1. The third kappa shape index (κ3) is 3.51. The Hall–Kier alpha value is -2.92. The molecule has 1 aromatic heterocycles. The Kier molecular flexibility index (Phi) is 5.15. The second-order valence-electron chi connectivity index (χ2n) is 6.28. The van der Waals surface area contributed by atoms with Crippen molar-refractivity contribution < 1.29 is 19.1 Å². The van der Waals surface area contributed by atoms with Gasteiger partial charge in [0, 0.05) is 33.7 Å². The van der Waals surface area contributed by atoms with Gasteiger partial charge in [-0.3, -0.25) is 9.59 Å². The van der Waals surface area contributed by atoms with Crippen molar-refractivity contribution in [2.45, 2.75) is 20.4 Å². The number of Topliss-reactive ketones (excluding diaryl/α,β-unsaturated/α-hetero) is 2. The van der Waals surface area contributed by atoms with Gasteiger partial charge in [-0.1, -0.05) is 23.7 Å². The Morgan fingerprint density at radius 1 is 1.07 bits per heavy atom. The summed E-state index contributed by atoms with van der Waals surface area (Å²) in [4.78, 5) is 36.3. The number of ether oxygens (including phenoxy) is 1. The summed E-state index contributed by atoms with van der Waals surface area (Å²) in [7, 11) is 1.17. The molecule has 27 heavy (non-hydrogen) atoms. The summed E-state index contributed by atoms with van der Waals surface area (Å²) in [5, 5.41) is 1.20. The van der Waals surface area contributed by atoms with Crippen molar-refractivity contribution in [1.82, 2.24) is 4.57 Å². The fourth-order valence-electron chi connectivity index (χ4n) is 3.16. The molecule has 0 saturated heterocycles. The predicted molar refractivity (Wildman–Crippen MR) is 104 cm³/mol. The molecule has 0 aliphatic carbocycles. The number of halogens is 1. The molecule has 0 saturated carbocycles. The van der Waals surface area contributed by atoms with Crippen LogP contribution in [0.1, 0.15) is 38.9 Å². The number of hydrogen-bond donors (Lipinski definition) is 0. The predicted octanol–water partition coefficient (Wildman–Crippen LogP) is 4.21. The van der Waals surface area contributed by atoms with Crippen LogP contribution in [0, 0.1) is 6.92 Å². The molecule has 2 aromatic carbocycles. The van der Waals surface area contributed by atoms with E-state index < -0.39 is 11.8 Å². The van der Waals surface area contributed by atoms with E-state index in [1.54, 1.807) is 37.3 Å². The van der Waals surface area contributed by atoms with Crippen LogP contribution in [0.5, 0.6) is 0 Å². The topological polar surface area (TPSA) is 65.4 Å². The highest BCUT2D eigenvalue weighted by Gasteiger charge is 2.26. The van der Waals surface area contributed by atoms with Crippen LogP contribution in [-0.4, -0.2) is 29.2 Å². The van der Waals surface area contributed by atoms with Gasteiger partial charge in [0.05, 0.1) is 12.7 Å². The van der Waals surface area contributed by atoms with Crippen molar-refractivity contribution in [2.75, 3.05) is 7.11 Å². The van der Waals surface area contributed by atoms with Crippen LogP contribution in [0.3, 0.4) is 0 Å². The number of benzene rings is 2. The first-order valence-electron chi connectivity index (χ1n) is 8.34. The molecule has 0 fully saturated rings. The highest BCUT2D eigenvalue weighted by molar-refractivity contribution is 6.43. The zero-order valence-electron chi connectivity index (χ0n) is 15.2. The van der Waals surface area contributed by atoms with E-state index in [1.807, 2.05) is 16.7 Å². The minimum Gasteiger partial charge on any atom is -0.463 e. The molecule has 138 valence electrons. The van der Waals surface area contributed by atoms with Gasteiger partial charge in [0.1, 0.15) is 0 Å². The third-order valence-corrected chi connectivity index (χ3v) is 4.83. The first-order valence-corrected chi connectivity index (χ1v) is 8.72. The van der Waals surface area contributed by atoms with E-state index in [-0.39, 0.29) is 11.3 Å². The average Bonchev–Trinajstić information content (AvgIpc) is 2.93. The average molecular weight is 384 g/mol. The summed E-state index contributed by atoms with van der Waals surface area (Å²) in [6, 6.07) is 12.6. The lowest BCUT2D eigenvalue weighted by atomic mass is 10.0. The summed E-state index contributed by atoms with van der Waals surface area (Å²) >= 11 is 5.95. The van der Waals surface area contributed by atoms with Crippen molar-refractivity contribution in [3.63, 3.8) is 0 Å². The van der Waals surface area contributed by atoms with Crippen molar-refractivity contribution >= 4 is 40.0 Å². The lowest BCUT2D eigenvalue weighted by Crippen LogP contribution is -2.17. The fourth-order valence-corrected chi connectivity index (χ4v) is 3.28. The summed E-state index contributed by atoms with van der Waals surface area (Å²) in [5.74, 6) is -1.77.